The summed E-state index contributed by atoms with van der Waals surface area (Å²) in [6.07, 6.45) is 8.92. The molecule has 0 amide bonds. The van der Waals surface area contributed by atoms with Crippen LogP contribution < -0.4 is 11.3 Å². The third kappa shape index (κ3) is 1.17. The van der Waals surface area contributed by atoms with Gasteiger partial charge in [0, 0.05) is 6.04 Å². The molecule has 2 heteroatoms. The molecule has 0 heterocycles. The number of nitrogens with two attached hydrogens (primary N) is 1. The first-order valence-corrected chi connectivity index (χ1v) is 6.18. The van der Waals surface area contributed by atoms with E-state index in [1.165, 1.54) is 38.5 Å². The van der Waals surface area contributed by atoms with E-state index in [2.05, 4.69) is 12.3 Å². The Morgan fingerprint density at radius 1 is 1.07 bits per heavy atom. The van der Waals surface area contributed by atoms with E-state index in [-0.39, 0.29) is 0 Å². The summed E-state index contributed by atoms with van der Waals surface area (Å²) in [5.41, 5.74) is 3.59. The molecule has 0 aromatic heterocycles. The first-order valence-electron chi connectivity index (χ1n) is 6.18. The SMILES string of the molecule is C[C@H](NN)C12CC3CC(CC(C3)C1)C2. The van der Waals surface area contributed by atoms with Crippen molar-refractivity contribution in [3.63, 3.8) is 0 Å². The fraction of sp³-hybridized carbons (Fsp3) is 1.00. The summed E-state index contributed by atoms with van der Waals surface area (Å²) in [6.45, 7) is 2.28. The summed E-state index contributed by atoms with van der Waals surface area (Å²) in [6, 6.07) is 0.524. The Bertz CT molecular complexity index is 201. The van der Waals surface area contributed by atoms with Crippen LogP contribution in [0.15, 0.2) is 0 Å². The minimum atomic E-state index is 0.524. The van der Waals surface area contributed by atoms with E-state index in [1.807, 2.05) is 0 Å². The molecule has 4 fully saturated rings. The van der Waals surface area contributed by atoms with Crippen molar-refractivity contribution in [1.82, 2.24) is 5.43 Å². The predicted molar refractivity (Wildman–Crippen MR) is 57.4 cm³/mol. The molecule has 0 unspecified atom stereocenters. The van der Waals surface area contributed by atoms with Crippen molar-refractivity contribution in [2.45, 2.75) is 51.5 Å². The zero-order valence-corrected chi connectivity index (χ0v) is 9.13. The van der Waals surface area contributed by atoms with Gasteiger partial charge in [-0.05, 0) is 68.6 Å². The summed E-state index contributed by atoms with van der Waals surface area (Å²) in [4.78, 5) is 0. The van der Waals surface area contributed by atoms with E-state index >= 15 is 0 Å². The van der Waals surface area contributed by atoms with Crippen LogP contribution in [0.1, 0.15) is 45.4 Å². The summed E-state index contributed by atoms with van der Waals surface area (Å²) in [5.74, 6) is 8.76. The van der Waals surface area contributed by atoms with Gasteiger partial charge in [-0.25, -0.2) is 0 Å². The number of hydrazine groups is 1. The normalized spacial score (nSPS) is 52.3. The van der Waals surface area contributed by atoms with Crippen LogP contribution >= 0.6 is 0 Å². The molecular formula is C12H22N2. The first-order chi connectivity index (χ1) is 6.72. The molecule has 80 valence electrons. The Kier molecular flexibility index (Phi) is 1.94. The topological polar surface area (TPSA) is 38.0 Å². The largest absolute Gasteiger partial charge is 0.271 e. The van der Waals surface area contributed by atoms with E-state index in [0.29, 0.717) is 11.5 Å². The number of hydrogen-bond acceptors (Lipinski definition) is 2. The quantitative estimate of drug-likeness (QED) is 0.521. The number of hydrogen-bond donors (Lipinski definition) is 2. The fourth-order valence-corrected chi connectivity index (χ4v) is 4.88. The van der Waals surface area contributed by atoms with E-state index in [1.54, 1.807) is 0 Å². The van der Waals surface area contributed by atoms with Crippen molar-refractivity contribution in [1.29, 1.82) is 0 Å². The van der Waals surface area contributed by atoms with Crippen LogP contribution in [0.5, 0.6) is 0 Å². The van der Waals surface area contributed by atoms with Gasteiger partial charge in [0.05, 0.1) is 0 Å². The Hall–Kier alpha value is -0.0800. The molecule has 0 aliphatic heterocycles. The van der Waals surface area contributed by atoms with Gasteiger partial charge in [0.2, 0.25) is 0 Å². The van der Waals surface area contributed by atoms with Crippen molar-refractivity contribution in [3.8, 4) is 0 Å². The van der Waals surface area contributed by atoms with Crippen LogP contribution in [-0.2, 0) is 0 Å². The number of rotatable bonds is 2. The maximum absolute atomic E-state index is 5.64. The third-order valence-corrected chi connectivity index (χ3v) is 5.25. The van der Waals surface area contributed by atoms with E-state index in [0.717, 1.165) is 17.8 Å². The maximum atomic E-state index is 5.64. The van der Waals surface area contributed by atoms with Gasteiger partial charge in [0.25, 0.3) is 0 Å². The summed E-state index contributed by atoms with van der Waals surface area (Å²) >= 11 is 0. The highest BCUT2D eigenvalue weighted by molar-refractivity contribution is 5.04. The van der Waals surface area contributed by atoms with Crippen molar-refractivity contribution in [2.24, 2.45) is 29.0 Å². The van der Waals surface area contributed by atoms with Crippen LogP contribution in [0, 0.1) is 23.2 Å². The fourth-order valence-electron chi connectivity index (χ4n) is 4.88. The molecule has 0 aromatic rings. The average Bonchev–Trinajstić information content (AvgIpc) is 2.14. The van der Waals surface area contributed by atoms with Crippen molar-refractivity contribution < 1.29 is 0 Å². The van der Waals surface area contributed by atoms with Gasteiger partial charge in [0.1, 0.15) is 0 Å². The zero-order chi connectivity index (χ0) is 9.76. The van der Waals surface area contributed by atoms with E-state index < -0.39 is 0 Å². The van der Waals surface area contributed by atoms with Crippen LogP contribution in [0.4, 0.5) is 0 Å². The van der Waals surface area contributed by atoms with Gasteiger partial charge in [-0.15, -0.1) is 0 Å². The predicted octanol–water partition coefficient (Wildman–Crippen LogP) is 2.05. The lowest BCUT2D eigenvalue weighted by molar-refractivity contribution is -0.0703. The summed E-state index contributed by atoms with van der Waals surface area (Å²) in [7, 11) is 0. The number of nitrogens with one attached hydrogen (secondary N) is 1. The van der Waals surface area contributed by atoms with Crippen LogP contribution in [-0.4, -0.2) is 6.04 Å². The molecule has 3 N–H and O–H groups in total. The Morgan fingerprint density at radius 2 is 1.50 bits per heavy atom. The average molecular weight is 194 g/mol. The second kappa shape index (κ2) is 2.96. The molecule has 4 saturated carbocycles. The molecule has 4 aliphatic carbocycles. The monoisotopic (exact) mass is 194 g/mol. The van der Waals surface area contributed by atoms with E-state index in [9.17, 15) is 0 Å². The van der Waals surface area contributed by atoms with Crippen molar-refractivity contribution in [3.05, 3.63) is 0 Å². The standard InChI is InChI=1S/C12H22N2/c1-8(14-13)12-5-9-2-10(6-12)4-11(3-9)7-12/h8-11,14H,2-7,13H2,1H3/t8-,9?,10?,11?,12?/m0/s1. The molecule has 1 atom stereocenters. The summed E-state index contributed by atoms with van der Waals surface area (Å²) < 4.78 is 0. The van der Waals surface area contributed by atoms with Gasteiger partial charge < -0.3 is 0 Å². The van der Waals surface area contributed by atoms with Gasteiger partial charge in [0.15, 0.2) is 0 Å². The summed E-state index contributed by atoms with van der Waals surface area (Å²) in [5, 5.41) is 0. The molecule has 2 nitrogen and oxygen atoms in total. The molecule has 4 bridgehead atoms. The smallest absolute Gasteiger partial charge is 0.0238 e. The van der Waals surface area contributed by atoms with Crippen LogP contribution in [0.2, 0.25) is 0 Å². The lowest BCUT2D eigenvalue weighted by atomic mass is 9.48. The van der Waals surface area contributed by atoms with Crippen LogP contribution in [0.25, 0.3) is 0 Å². The highest BCUT2D eigenvalue weighted by Gasteiger charge is 2.52. The van der Waals surface area contributed by atoms with Gasteiger partial charge in [-0.1, -0.05) is 0 Å². The second-order valence-corrected chi connectivity index (χ2v) is 6.17. The van der Waals surface area contributed by atoms with Crippen molar-refractivity contribution in [2.75, 3.05) is 0 Å². The van der Waals surface area contributed by atoms with Crippen molar-refractivity contribution >= 4 is 0 Å². The maximum Gasteiger partial charge on any atom is 0.0238 e. The lowest BCUT2D eigenvalue weighted by Gasteiger charge is -2.58. The lowest BCUT2D eigenvalue weighted by Crippen LogP contribution is -2.56. The molecule has 0 spiro atoms. The minimum absolute atomic E-state index is 0.524. The highest BCUT2D eigenvalue weighted by atomic mass is 15.2. The minimum Gasteiger partial charge on any atom is -0.271 e. The van der Waals surface area contributed by atoms with Crippen LogP contribution in [0.3, 0.4) is 0 Å². The molecule has 0 aromatic carbocycles. The van der Waals surface area contributed by atoms with Gasteiger partial charge >= 0.3 is 0 Å². The molecule has 0 saturated heterocycles. The molecule has 14 heavy (non-hydrogen) atoms. The highest BCUT2D eigenvalue weighted by Crippen LogP contribution is 2.61. The zero-order valence-electron chi connectivity index (χ0n) is 9.13. The second-order valence-electron chi connectivity index (χ2n) is 6.17. The molecule has 0 radical (unpaired) electrons. The molecule has 4 rings (SSSR count). The Balaban J connectivity index is 1.87. The Morgan fingerprint density at radius 3 is 1.86 bits per heavy atom. The first kappa shape index (κ1) is 9.17. The molecular weight excluding hydrogens is 172 g/mol. The third-order valence-electron chi connectivity index (χ3n) is 5.25. The van der Waals surface area contributed by atoms with Gasteiger partial charge in [-0.3, -0.25) is 11.3 Å². The van der Waals surface area contributed by atoms with E-state index in [4.69, 9.17) is 5.84 Å². The van der Waals surface area contributed by atoms with Gasteiger partial charge in [-0.2, -0.15) is 0 Å². The Labute approximate surface area is 86.6 Å². The molecule has 4 aliphatic rings.